The quantitative estimate of drug-likeness (QED) is 0.693. The molecule has 2 aliphatic rings. The van der Waals surface area contributed by atoms with Crippen LogP contribution in [0.25, 0.3) is 0 Å². The average molecular weight is 407 g/mol. The molecule has 0 spiro atoms. The summed E-state index contributed by atoms with van der Waals surface area (Å²) in [5, 5.41) is 0. The summed E-state index contributed by atoms with van der Waals surface area (Å²) in [7, 11) is 2.85. The number of amides is 4. The fraction of sp³-hybridized carbons (Fsp3) is 0.550. The van der Waals surface area contributed by atoms with Gasteiger partial charge in [-0.1, -0.05) is 13.8 Å². The van der Waals surface area contributed by atoms with Gasteiger partial charge in [-0.2, -0.15) is 0 Å². The van der Waals surface area contributed by atoms with Gasteiger partial charge in [0.05, 0.1) is 26.8 Å². The lowest BCUT2D eigenvalue weighted by molar-refractivity contribution is -0.128. The van der Waals surface area contributed by atoms with E-state index in [1.54, 1.807) is 0 Å². The van der Waals surface area contributed by atoms with Crippen LogP contribution in [0, 0.1) is 11.2 Å². The van der Waals surface area contributed by atoms with Gasteiger partial charge in [-0.25, -0.2) is 9.18 Å². The summed E-state index contributed by atoms with van der Waals surface area (Å²) in [5.41, 5.74) is -0.275. The highest BCUT2D eigenvalue weighted by atomic mass is 19.1. The Bertz CT molecular complexity index is 828. The van der Waals surface area contributed by atoms with E-state index in [1.165, 1.54) is 41.1 Å². The summed E-state index contributed by atoms with van der Waals surface area (Å²) in [6.07, 6.45) is 0. The van der Waals surface area contributed by atoms with Gasteiger partial charge in [0.1, 0.15) is 6.04 Å². The molecule has 1 aromatic carbocycles. The fourth-order valence-corrected chi connectivity index (χ4v) is 3.88. The zero-order chi connectivity index (χ0) is 21.3. The number of benzene rings is 1. The number of nitrogens with zero attached hydrogens (tertiary/aromatic N) is 3. The zero-order valence-corrected chi connectivity index (χ0v) is 17.1. The Kier molecular flexibility index (Phi) is 5.79. The lowest BCUT2D eigenvalue weighted by Gasteiger charge is -2.30. The Morgan fingerprint density at radius 3 is 2.59 bits per heavy atom. The van der Waals surface area contributed by atoms with E-state index in [4.69, 9.17) is 9.47 Å². The van der Waals surface area contributed by atoms with Gasteiger partial charge in [0.15, 0.2) is 11.6 Å². The van der Waals surface area contributed by atoms with Crippen LogP contribution >= 0.6 is 0 Å². The number of hydrogen-bond donors (Lipinski definition) is 0. The predicted octanol–water partition coefficient (Wildman–Crippen LogP) is 1.60. The largest absolute Gasteiger partial charge is 0.494 e. The minimum Gasteiger partial charge on any atom is -0.494 e. The first-order valence-corrected chi connectivity index (χ1v) is 9.42. The Labute approximate surface area is 169 Å². The van der Waals surface area contributed by atoms with Gasteiger partial charge < -0.3 is 19.3 Å². The minimum absolute atomic E-state index is 0.0503. The third kappa shape index (κ3) is 4.05. The maximum Gasteiger partial charge on any atom is 0.327 e. The summed E-state index contributed by atoms with van der Waals surface area (Å²) < 4.78 is 24.0. The highest BCUT2D eigenvalue weighted by Gasteiger charge is 2.50. The Morgan fingerprint density at radius 1 is 1.24 bits per heavy atom. The number of fused-ring (bicyclic) bond motifs is 1. The first-order chi connectivity index (χ1) is 13.7. The van der Waals surface area contributed by atoms with Gasteiger partial charge in [-0.15, -0.1) is 0 Å². The van der Waals surface area contributed by atoms with E-state index in [2.05, 4.69) is 0 Å². The minimum atomic E-state index is -0.756. The summed E-state index contributed by atoms with van der Waals surface area (Å²) in [4.78, 5) is 42.9. The van der Waals surface area contributed by atoms with Crippen molar-refractivity contribution in [2.45, 2.75) is 19.9 Å². The lowest BCUT2D eigenvalue weighted by atomic mass is 9.92. The highest BCUT2D eigenvalue weighted by Crippen LogP contribution is 2.31. The summed E-state index contributed by atoms with van der Waals surface area (Å²) in [6.45, 7) is 5.01. The molecule has 2 heterocycles. The van der Waals surface area contributed by atoms with E-state index >= 15 is 0 Å². The third-order valence-electron chi connectivity index (χ3n) is 5.22. The average Bonchev–Trinajstić information content (AvgIpc) is 2.80. The molecule has 0 N–H and O–H groups in total. The molecule has 2 aliphatic heterocycles. The molecule has 29 heavy (non-hydrogen) atoms. The first kappa shape index (κ1) is 21.0. The Morgan fingerprint density at radius 2 is 1.97 bits per heavy atom. The summed E-state index contributed by atoms with van der Waals surface area (Å²) in [5.74, 6) is -1.32. The summed E-state index contributed by atoms with van der Waals surface area (Å²) in [6, 6.07) is 2.90. The van der Waals surface area contributed by atoms with Crippen molar-refractivity contribution in [2.75, 3.05) is 47.0 Å². The predicted molar refractivity (Wildman–Crippen MR) is 102 cm³/mol. The molecule has 8 nitrogen and oxygen atoms in total. The van der Waals surface area contributed by atoms with Crippen LogP contribution in [0.4, 0.5) is 9.18 Å². The van der Waals surface area contributed by atoms with Gasteiger partial charge in [0.2, 0.25) is 0 Å². The van der Waals surface area contributed by atoms with Gasteiger partial charge in [0.25, 0.3) is 11.8 Å². The second-order valence-electron chi connectivity index (χ2n) is 8.11. The third-order valence-corrected chi connectivity index (χ3v) is 5.22. The van der Waals surface area contributed by atoms with Crippen molar-refractivity contribution in [3.63, 3.8) is 0 Å². The van der Waals surface area contributed by atoms with Crippen molar-refractivity contribution in [2.24, 2.45) is 5.41 Å². The van der Waals surface area contributed by atoms with Crippen LogP contribution in [0.15, 0.2) is 18.2 Å². The van der Waals surface area contributed by atoms with Crippen LogP contribution in [0.2, 0.25) is 0 Å². The van der Waals surface area contributed by atoms with E-state index in [-0.39, 0.29) is 42.9 Å². The number of halogens is 1. The number of methoxy groups -OCH3 is 2. The number of rotatable bonds is 5. The monoisotopic (exact) mass is 407 g/mol. The molecule has 4 amide bonds. The van der Waals surface area contributed by atoms with Crippen LogP contribution in [0.1, 0.15) is 24.2 Å². The maximum atomic E-state index is 14.1. The lowest BCUT2D eigenvalue weighted by Crippen LogP contribution is -2.44. The van der Waals surface area contributed by atoms with E-state index in [9.17, 15) is 18.8 Å². The molecular formula is C20H26FN3O5. The van der Waals surface area contributed by atoms with Crippen LogP contribution in [-0.4, -0.2) is 85.6 Å². The van der Waals surface area contributed by atoms with Crippen LogP contribution in [0.5, 0.6) is 5.75 Å². The van der Waals surface area contributed by atoms with E-state index in [1.807, 2.05) is 13.8 Å². The molecule has 0 bridgehead atoms. The normalized spacial score (nSPS) is 21.3. The summed E-state index contributed by atoms with van der Waals surface area (Å²) >= 11 is 0. The molecule has 0 radical (unpaired) electrons. The molecule has 0 aliphatic carbocycles. The van der Waals surface area contributed by atoms with Crippen LogP contribution in [-0.2, 0) is 9.53 Å². The highest BCUT2D eigenvalue weighted by molar-refractivity contribution is 6.05. The molecular weight excluding hydrogens is 381 g/mol. The van der Waals surface area contributed by atoms with Crippen molar-refractivity contribution >= 4 is 17.8 Å². The standard InChI is InChI=1S/C20H26FN3O5/c1-20(2)11-22(17(25)13-5-6-16(29-4)14(21)9-13)10-15-18(26)23(7-8-28-3)19(27)24(15)12-20/h5-6,9,15H,7-8,10-12H2,1-4H3. The Hall–Kier alpha value is -2.68. The van der Waals surface area contributed by atoms with Gasteiger partial charge in [-0.05, 0) is 18.2 Å². The number of hydrogen-bond acceptors (Lipinski definition) is 5. The first-order valence-electron chi connectivity index (χ1n) is 9.42. The number of carbonyl (C=O) groups is 3. The number of ether oxygens (including phenoxy) is 2. The second kappa shape index (κ2) is 7.98. The molecule has 0 aromatic heterocycles. The molecule has 2 saturated heterocycles. The molecule has 1 aromatic rings. The second-order valence-corrected chi connectivity index (χ2v) is 8.11. The number of urea groups is 1. The molecule has 2 fully saturated rings. The number of imide groups is 1. The van der Waals surface area contributed by atoms with Crippen molar-refractivity contribution in [3.8, 4) is 5.75 Å². The van der Waals surface area contributed by atoms with Gasteiger partial charge in [0, 0.05) is 31.2 Å². The Balaban J connectivity index is 1.88. The zero-order valence-electron chi connectivity index (χ0n) is 17.1. The smallest absolute Gasteiger partial charge is 0.327 e. The van der Waals surface area contributed by atoms with Crippen LogP contribution in [0.3, 0.4) is 0 Å². The molecule has 3 rings (SSSR count). The molecule has 1 unspecified atom stereocenters. The maximum absolute atomic E-state index is 14.1. The molecule has 158 valence electrons. The molecule has 9 heteroatoms. The van der Waals surface area contributed by atoms with Crippen molar-refractivity contribution in [1.82, 2.24) is 14.7 Å². The van der Waals surface area contributed by atoms with Crippen LogP contribution < -0.4 is 4.74 Å². The van der Waals surface area contributed by atoms with Crippen molar-refractivity contribution in [3.05, 3.63) is 29.6 Å². The SMILES string of the molecule is COCCN1C(=O)C2CN(C(=O)c3ccc(OC)c(F)c3)CC(C)(C)CN2C1=O. The topological polar surface area (TPSA) is 79.4 Å². The van der Waals surface area contributed by atoms with Crippen molar-refractivity contribution < 1.29 is 28.2 Å². The van der Waals surface area contributed by atoms with E-state index < -0.39 is 23.2 Å². The van der Waals surface area contributed by atoms with Crippen molar-refractivity contribution in [1.29, 1.82) is 0 Å². The van der Waals surface area contributed by atoms with E-state index in [0.717, 1.165) is 6.07 Å². The molecule has 1 atom stereocenters. The number of carbonyl (C=O) groups excluding carboxylic acids is 3. The van der Waals surface area contributed by atoms with Gasteiger partial charge in [-0.3, -0.25) is 14.5 Å². The molecule has 0 saturated carbocycles. The van der Waals surface area contributed by atoms with Gasteiger partial charge >= 0.3 is 6.03 Å². The van der Waals surface area contributed by atoms with E-state index in [0.29, 0.717) is 13.1 Å². The fourth-order valence-electron chi connectivity index (χ4n) is 3.88.